The van der Waals surface area contributed by atoms with Gasteiger partial charge in [-0.1, -0.05) is 26.7 Å². The monoisotopic (exact) mass is 276 g/mol. The molecule has 0 bridgehead atoms. The Labute approximate surface area is 120 Å². The smallest absolute Gasteiger partial charge is 0.228 e. The standard InChI is InChI=1S/C16H24N2O2/c1-16(2)9-5-4-6-12(16)15(19)18-14-8-7-11(20-3)10-13(14)17/h7-8,10,12H,4-6,9,17H2,1-3H3,(H,18,19). The van der Waals surface area contributed by atoms with Crippen LogP contribution in [-0.2, 0) is 4.79 Å². The fourth-order valence-electron chi connectivity index (χ4n) is 2.98. The number of nitrogens with one attached hydrogen (secondary N) is 1. The van der Waals surface area contributed by atoms with Gasteiger partial charge in [0.25, 0.3) is 0 Å². The van der Waals surface area contributed by atoms with Gasteiger partial charge in [0, 0.05) is 12.0 Å². The molecular formula is C16H24N2O2. The van der Waals surface area contributed by atoms with Crippen LogP contribution in [0.5, 0.6) is 5.75 Å². The van der Waals surface area contributed by atoms with E-state index in [1.807, 2.05) is 0 Å². The van der Waals surface area contributed by atoms with Crippen molar-refractivity contribution in [1.82, 2.24) is 0 Å². The fourth-order valence-corrected chi connectivity index (χ4v) is 2.98. The van der Waals surface area contributed by atoms with E-state index in [2.05, 4.69) is 19.2 Å². The zero-order valence-corrected chi connectivity index (χ0v) is 12.5. The van der Waals surface area contributed by atoms with Gasteiger partial charge in [-0.3, -0.25) is 4.79 Å². The Morgan fingerprint density at radius 3 is 2.75 bits per heavy atom. The van der Waals surface area contributed by atoms with Crippen LogP contribution in [0.3, 0.4) is 0 Å². The van der Waals surface area contributed by atoms with Crippen molar-refractivity contribution in [3.05, 3.63) is 18.2 Å². The minimum atomic E-state index is 0.0535. The van der Waals surface area contributed by atoms with E-state index in [4.69, 9.17) is 10.5 Å². The third-order valence-corrected chi connectivity index (χ3v) is 4.34. The van der Waals surface area contributed by atoms with E-state index in [0.29, 0.717) is 17.1 Å². The van der Waals surface area contributed by atoms with Crippen molar-refractivity contribution >= 4 is 17.3 Å². The number of rotatable bonds is 3. The highest BCUT2D eigenvalue weighted by atomic mass is 16.5. The number of hydrogen-bond acceptors (Lipinski definition) is 3. The highest BCUT2D eigenvalue weighted by Crippen LogP contribution is 2.41. The zero-order valence-electron chi connectivity index (χ0n) is 12.5. The number of nitrogen functional groups attached to an aromatic ring is 1. The molecule has 1 amide bonds. The minimum Gasteiger partial charge on any atom is -0.497 e. The third kappa shape index (κ3) is 3.06. The lowest BCUT2D eigenvalue weighted by molar-refractivity contribution is -0.124. The summed E-state index contributed by atoms with van der Waals surface area (Å²) in [5.41, 5.74) is 7.20. The first kappa shape index (κ1) is 14.7. The average molecular weight is 276 g/mol. The normalized spacial score (nSPS) is 21.2. The summed E-state index contributed by atoms with van der Waals surface area (Å²) in [4.78, 5) is 12.5. The molecule has 1 saturated carbocycles. The first-order chi connectivity index (χ1) is 9.44. The fraction of sp³-hybridized carbons (Fsp3) is 0.562. The molecule has 1 aliphatic carbocycles. The molecule has 4 nitrogen and oxygen atoms in total. The molecule has 1 aromatic carbocycles. The summed E-state index contributed by atoms with van der Waals surface area (Å²) < 4.78 is 5.11. The van der Waals surface area contributed by atoms with Crippen LogP contribution in [0.4, 0.5) is 11.4 Å². The molecule has 1 aliphatic rings. The van der Waals surface area contributed by atoms with Crippen LogP contribution in [0.25, 0.3) is 0 Å². The van der Waals surface area contributed by atoms with Gasteiger partial charge in [-0.05, 0) is 30.4 Å². The van der Waals surface area contributed by atoms with Crippen LogP contribution in [0.1, 0.15) is 39.5 Å². The molecule has 0 aromatic heterocycles. The van der Waals surface area contributed by atoms with E-state index in [0.717, 1.165) is 19.3 Å². The first-order valence-electron chi connectivity index (χ1n) is 7.18. The van der Waals surface area contributed by atoms with Crippen molar-refractivity contribution in [1.29, 1.82) is 0 Å². The van der Waals surface area contributed by atoms with Crippen molar-refractivity contribution in [2.45, 2.75) is 39.5 Å². The maximum atomic E-state index is 12.5. The number of ether oxygens (including phenoxy) is 1. The summed E-state index contributed by atoms with van der Waals surface area (Å²) >= 11 is 0. The molecule has 20 heavy (non-hydrogen) atoms. The van der Waals surface area contributed by atoms with E-state index in [1.165, 1.54) is 6.42 Å². The quantitative estimate of drug-likeness (QED) is 0.831. The number of benzene rings is 1. The molecule has 3 N–H and O–H groups in total. The Balaban J connectivity index is 2.11. The van der Waals surface area contributed by atoms with E-state index < -0.39 is 0 Å². The van der Waals surface area contributed by atoms with Gasteiger partial charge in [0.1, 0.15) is 5.75 Å². The lowest BCUT2D eigenvalue weighted by atomic mass is 9.68. The highest BCUT2D eigenvalue weighted by Gasteiger charge is 2.37. The van der Waals surface area contributed by atoms with Crippen molar-refractivity contribution < 1.29 is 9.53 Å². The summed E-state index contributed by atoms with van der Waals surface area (Å²) in [5, 5.41) is 2.97. The van der Waals surface area contributed by atoms with Crippen LogP contribution in [-0.4, -0.2) is 13.0 Å². The second-order valence-electron chi connectivity index (χ2n) is 6.23. The Hall–Kier alpha value is -1.71. The molecule has 110 valence electrons. The summed E-state index contributed by atoms with van der Waals surface area (Å²) in [5.74, 6) is 0.822. The van der Waals surface area contributed by atoms with Crippen LogP contribution in [0, 0.1) is 11.3 Å². The lowest BCUT2D eigenvalue weighted by Crippen LogP contribution is -2.37. The number of carbonyl (C=O) groups excluding carboxylic acids is 1. The van der Waals surface area contributed by atoms with E-state index in [1.54, 1.807) is 25.3 Å². The maximum absolute atomic E-state index is 12.5. The predicted octanol–water partition coefficient (Wildman–Crippen LogP) is 3.43. The summed E-state index contributed by atoms with van der Waals surface area (Å²) in [6.07, 6.45) is 4.39. The molecule has 1 aromatic rings. The van der Waals surface area contributed by atoms with Gasteiger partial charge in [-0.25, -0.2) is 0 Å². The number of methoxy groups -OCH3 is 1. The minimum absolute atomic E-state index is 0.0535. The van der Waals surface area contributed by atoms with Gasteiger partial charge in [0.15, 0.2) is 0 Å². The number of nitrogens with two attached hydrogens (primary N) is 1. The van der Waals surface area contributed by atoms with Crippen molar-refractivity contribution in [3.63, 3.8) is 0 Å². The zero-order chi connectivity index (χ0) is 14.8. The van der Waals surface area contributed by atoms with Gasteiger partial charge in [0.05, 0.1) is 18.5 Å². The number of carbonyl (C=O) groups is 1. The second kappa shape index (κ2) is 5.73. The third-order valence-electron chi connectivity index (χ3n) is 4.34. The lowest BCUT2D eigenvalue weighted by Gasteiger charge is -2.37. The van der Waals surface area contributed by atoms with E-state index in [9.17, 15) is 4.79 Å². The largest absolute Gasteiger partial charge is 0.497 e. The van der Waals surface area contributed by atoms with Crippen molar-refractivity contribution in [2.24, 2.45) is 11.3 Å². The van der Waals surface area contributed by atoms with Gasteiger partial charge in [-0.15, -0.1) is 0 Å². The Morgan fingerprint density at radius 1 is 1.40 bits per heavy atom. The number of amides is 1. The molecular weight excluding hydrogens is 252 g/mol. The van der Waals surface area contributed by atoms with E-state index >= 15 is 0 Å². The average Bonchev–Trinajstić information content (AvgIpc) is 2.40. The Kier molecular flexibility index (Phi) is 4.21. The topological polar surface area (TPSA) is 64.3 Å². The van der Waals surface area contributed by atoms with Crippen LogP contribution < -0.4 is 15.8 Å². The molecule has 0 spiro atoms. The summed E-state index contributed by atoms with van der Waals surface area (Å²) in [6, 6.07) is 5.32. The van der Waals surface area contributed by atoms with E-state index in [-0.39, 0.29) is 17.2 Å². The molecule has 1 atom stereocenters. The highest BCUT2D eigenvalue weighted by molar-refractivity contribution is 5.96. The van der Waals surface area contributed by atoms with Gasteiger partial charge in [0.2, 0.25) is 5.91 Å². The molecule has 0 radical (unpaired) electrons. The second-order valence-corrected chi connectivity index (χ2v) is 6.23. The van der Waals surface area contributed by atoms with Crippen molar-refractivity contribution in [3.8, 4) is 5.75 Å². The summed E-state index contributed by atoms with van der Waals surface area (Å²) in [7, 11) is 1.59. The SMILES string of the molecule is COc1ccc(NC(=O)C2CCCCC2(C)C)c(N)c1. The number of hydrogen-bond donors (Lipinski definition) is 2. The molecule has 0 aliphatic heterocycles. The molecule has 0 saturated heterocycles. The van der Waals surface area contributed by atoms with Gasteiger partial charge in [-0.2, -0.15) is 0 Å². The summed E-state index contributed by atoms with van der Waals surface area (Å²) in [6.45, 7) is 4.35. The molecule has 2 rings (SSSR count). The molecule has 0 heterocycles. The maximum Gasteiger partial charge on any atom is 0.228 e. The molecule has 1 fully saturated rings. The predicted molar refractivity (Wildman–Crippen MR) is 81.8 cm³/mol. The Morgan fingerprint density at radius 2 is 2.15 bits per heavy atom. The van der Waals surface area contributed by atoms with Gasteiger partial charge >= 0.3 is 0 Å². The van der Waals surface area contributed by atoms with Crippen molar-refractivity contribution in [2.75, 3.05) is 18.2 Å². The first-order valence-corrected chi connectivity index (χ1v) is 7.18. The number of anilines is 2. The van der Waals surface area contributed by atoms with Crippen LogP contribution in [0.2, 0.25) is 0 Å². The molecule has 4 heteroatoms. The van der Waals surface area contributed by atoms with Gasteiger partial charge < -0.3 is 15.8 Å². The van der Waals surface area contributed by atoms with Crippen LogP contribution >= 0.6 is 0 Å². The molecule has 1 unspecified atom stereocenters. The van der Waals surface area contributed by atoms with Crippen LogP contribution in [0.15, 0.2) is 18.2 Å². The Bertz CT molecular complexity index is 497.